The largest absolute Gasteiger partial charge is 0.346 e. The molecule has 0 radical (unpaired) electrons. The van der Waals surface area contributed by atoms with Crippen LogP contribution in [0.5, 0.6) is 0 Å². The molecule has 114 valence electrons. The zero-order valence-corrected chi connectivity index (χ0v) is 14.3. The third-order valence-corrected chi connectivity index (χ3v) is 4.81. The standard InChI is InChI=1S/C15H28N4S/c1-6-12-13(11-16-15(2,3)4)20-14(17-12)19-9-7-18(5)8-10-19/h16H,6-11H2,1-5H3. The molecule has 0 aliphatic carbocycles. The normalized spacial score (nSPS) is 17.8. The van der Waals surface area contributed by atoms with E-state index in [2.05, 4.69) is 49.9 Å². The fourth-order valence-corrected chi connectivity index (χ4v) is 3.40. The lowest BCUT2D eigenvalue weighted by atomic mass is 10.1. The zero-order valence-electron chi connectivity index (χ0n) is 13.5. The van der Waals surface area contributed by atoms with Crippen molar-refractivity contribution in [2.24, 2.45) is 0 Å². The number of thiazole rings is 1. The van der Waals surface area contributed by atoms with Crippen molar-refractivity contribution in [1.82, 2.24) is 15.2 Å². The Hall–Kier alpha value is -0.650. The molecule has 1 N–H and O–H groups in total. The topological polar surface area (TPSA) is 31.4 Å². The molecule has 0 aromatic carbocycles. The predicted molar refractivity (Wildman–Crippen MR) is 87.8 cm³/mol. The fourth-order valence-electron chi connectivity index (χ4n) is 2.26. The van der Waals surface area contributed by atoms with Crippen LogP contribution in [-0.4, -0.2) is 48.6 Å². The maximum absolute atomic E-state index is 4.86. The zero-order chi connectivity index (χ0) is 14.8. The van der Waals surface area contributed by atoms with Gasteiger partial charge in [0.2, 0.25) is 0 Å². The average molecular weight is 296 g/mol. The fraction of sp³-hybridized carbons (Fsp3) is 0.800. The number of rotatable bonds is 4. The number of piperazine rings is 1. The molecule has 0 unspecified atom stereocenters. The lowest BCUT2D eigenvalue weighted by Gasteiger charge is -2.32. The van der Waals surface area contributed by atoms with E-state index in [1.54, 1.807) is 0 Å². The summed E-state index contributed by atoms with van der Waals surface area (Å²) in [6.45, 7) is 14.2. The van der Waals surface area contributed by atoms with Gasteiger partial charge in [-0.25, -0.2) is 4.98 Å². The molecule has 0 saturated carbocycles. The van der Waals surface area contributed by atoms with E-state index in [4.69, 9.17) is 4.98 Å². The highest BCUT2D eigenvalue weighted by molar-refractivity contribution is 7.15. The first-order valence-corrected chi connectivity index (χ1v) is 8.38. The van der Waals surface area contributed by atoms with Crippen LogP contribution in [0, 0.1) is 0 Å². The van der Waals surface area contributed by atoms with Crippen LogP contribution in [0.3, 0.4) is 0 Å². The van der Waals surface area contributed by atoms with Gasteiger partial charge in [0, 0.05) is 43.1 Å². The molecule has 0 spiro atoms. The van der Waals surface area contributed by atoms with E-state index in [-0.39, 0.29) is 5.54 Å². The van der Waals surface area contributed by atoms with Gasteiger partial charge < -0.3 is 15.1 Å². The summed E-state index contributed by atoms with van der Waals surface area (Å²) in [7, 11) is 2.19. The molecule has 0 atom stereocenters. The molecule has 1 saturated heterocycles. The van der Waals surface area contributed by atoms with E-state index in [9.17, 15) is 0 Å². The minimum absolute atomic E-state index is 0.156. The number of likely N-dealkylation sites (N-methyl/N-ethyl adjacent to an activating group) is 1. The number of aromatic nitrogens is 1. The van der Waals surface area contributed by atoms with Crippen LogP contribution in [0.25, 0.3) is 0 Å². The van der Waals surface area contributed by atoms with Gasteiger partial charge in [0.25, 0.3) is 0 Å². The first-order valence-electron chi connectivity index (χ1n) is 7.56. The van der Waals surface area contributed by atoms with Crippen LogP contribution in [0.4, 0.5) is 5.13 Å². The molecule has 0 bridgehead atoms. The number of nitrogens with one attached hydrogen (secondary N) is 1. The molecule has 1 aromatic heterocycles. The van der Waals surface area contributed by atoms with Gasteiger partial charge in [-0.05, 0) is 34.2 Å². The van der Waals surface area contributed by atoms with Gasteiger partial charge in [-0.15, -0.1) is 11.3 Å². The van der Waals surface area contributed by atoms with Crippen molar-refractivity contribution in [3.8, 4) is 0 Å². The van der Waals surface area contributed by atoms with Crippen LogP contribution in [0.2, 0.25) is 0 Å². The SMILES string of the molecule is CCc1nc(N2CCN(C)CC2)sc1CNC(C)(C)C. The number of hydrogen-bond donors (Lipinski definition) is 1. The average Bonchev–Trinajstić information content (AvgIpc) is 2.79. The van der Waals surface area contributed by atoms with E-state index in [0.717, 1.165) is 39.1 Å². The third-order valence-electron chi connectivity index (χ3n) is 3.65. The molecule has 2 heterocycles. The Morgan fingerprint density at radius 1 is 1.20 bits per heavy atom. The predicted octanol–water partition coefficient (Wildman–Crippen LogP) is 2.35. The third kappa shape index (κ3) is 4.17. The summed E-state index contributed by atoms with van der Waals surface area (Å²) in [5, 5.41) is 4.79. The number of anilines is 1. The molecule has 4 nitrogen and oxygen atoms in total. The second-order valence-corrected chi connectivity index (χ2v) is 7.68. The Bertz CT molecular complexity index is 428. The Morgan fingerprint density at radius 2 is 1.85 bits per heavy atom. The minimum Gasteiger partial charge on any atom is -0.346 e. The molecular weight excluding hydrogens is 268 g/mol. The Kier molecular flexibility index (Phi) is 5.04. The number of nitrogens with zero attached hydrogens (tertiary/aromatic N) is 3. The van der Waals surface area contributed by atoms with E-state index in [0.29, 0.717) is 0 Å². The quantitative estimate of drug-likeness (QED) is 0.924. The summed E-state index contributed by atoms with van der Waals surface area (Å²) in [6.07, 6.45) is 1.02. The van der Waals surface area contributed by atoms with Crippen molar-refractivity contribution in [2.75, 3.05) is 38.1 Å². The number of aryl methyl sites for hydroxylation is 1. The van der Waals surface area contributed by atoms with Crippen LogP contribution >= 0.6 is 11.3 Å². The van der Waals surface area contributed by atoms with E-state index in [1.807, 2.05) is 11.3 Å². The number of hydrogen-bond acceptors (Lipinski definition) is 5. The molecular formula is C15H28N4S. The second-order valence-electron chi connectivity index (χ2n) is 6.61. The molecule has 0 amide bonds. The maximum atomic E-state index is 4.86. The Labute approximate surface area is 127 Å². The van der Waals surface area contributed by atoms with Crippen LogP contribution in [-0.2, 0) is 13.0 Å². The summed E-state index contributed by atoms with van der Waals surface area (Å²) in [6, 6.07) is 0. The van der Waals surface area contributed by atoms with Gasteiger partial charge in [-0.1, -0.05) is 6.92 Å². The van der Waals surface area contributed by atoms with E-state index < -0.39 is 0 Å². The van der Waals surface area contributed by atoms with Gasteiger partial charge in [0.05, 0.1) is 5.69 Å². The molecule has 1 aromatic rings. The lowest BCUT2D eigenvalue weighted by molar-refractivity contribution is 0.312. The van der Waals surface area contributed by atoms with Crippen molar-refractivity contribution in [1.29, 1.82) is 0 Å². The van der Waals surface area contributed by atoms with Crippen LogP contribution in [0.1, 0.15) is 38.3 Å². The summed E-state index contributed by atoms with van der Waals surface area (Å²) in [5.74, 6) is 0. The van der Waals surface area contributed by atoms with Crippen molar-refractivity contribution in [2.45, 2.75) is 46.2 Å². The summed E-state index contributed by atoms with van der Waals surface area (Å²) >= 11 is 1.87. The van der Waals surface area contributed by atoms with Crippen molar-refractivity contribution in [3.63, 3.8) is 0 Å². The smallest absolute Gasteiger partial charge is 0.185 e. The highest BCUT2D eigenvalue weighted by Crippen LogP contribution is 2.28. The van der Waals surface area contributed by atoms with Crippen LogP contribution < -0.4 is 10.2 Å². The van der Waals surface area contributed by atoms with Crippen molar-refractivity contribution >= 4 is 16.5 Å². The first kappa shape index (κ1) is 15.7. The highest BCUT2D eigenvalue weighted by Gasteiger charge is 2.20. The van der Waals surface area contributed by atoms with Gasteiger partial charge in [-0.3, -0.25) is 0 Å². The summed E-state index contributed by atoms with van der Waals surface area (Å²) in [4.78, 5) is 11.1. The molecule has 1 aliphatic rings. The van der Waals surface area contributed by atoms with Gasteiger partial charge >= 0.3 is 0 Å². The van der Waals surface area contributed by atoms with E-state index >= 15 is 0 Å². The highest BCUT2D eigenvalue weighted by atomic mass is 32.1. The van der Waals surface area contributed by atoms with Gasteiger partial charge in [-0.2, -0.15) is 0 Å². The lowest BCUT2D eigenvalue weighted by Crippen LogP contribution is -2.44. The molecule has 20 heavy (non-hydrogen) atoms. The van der Waals surface area contributed by atoms with Gasteiger partial charge in [0.15, 0.2) is 5.13 Å². The van der Waals surface area contributed by atoms with Crippen LogP contribution in [0.15, 0.2) is 0 Å². The Morgan fingerprint density at radius 3 is 2.40 bits per heavy atom. The first-order chi connectivity index (χ1) is 9.39. The minimum atomic E-state index is 0.156. The maximum Gasteiger partial charge on any atom is 0.185 e. The van der Waals surface area contributed by atoms with E-state index in [1.165, 1.54) is 15.7 Å². The molecule has 5 heteroatoms. The van der Waals surface area contributed by atoms with Gasteiger partial charge in [0.1, 0.15) is 0 Å². The second kappa shape index (κ2) is 6.41. The Balaban J connectivity index is 2.06. The van der Waals surface area contributed by atoms with Crippen molar-refractivity contribution in [3.05, 3.63) is 10.6 Å². The molecule has 1 fully saturated rings. The van der Waals surface area contributed by atoms with Crippen molar-refractivity contribution < 1.29 is 0 Å². The molecule has 1 aliphatic heterocycles. The monoisotopic (exact) mass is 296 g/mol. The molecule has 2 rings (SSSR count). The summed E-state index contributed by atoms with van der Waals surface area (Å²) in [5.41, 5.74) is 1.42. The summed E-state index contributed by atoms with van der Waals surface area (Å²) < 4.78 is 0.